The lowest BCUT2D eigenvalue weighted by Gasteiger charge is -2.36. The van der Waals surface area contributed by atoms with Crippen LogP contribution in [-0.4, -0.2) is 72.1 Å². The predicted molar refractivity (Wildman–Crippen MR) is 82.4 cm³/mol. The van der Waals surface area contributed by atoms with Crippen molar-refractivity contribution in [2.24, 2.45) is 0 Å². The van der Waals surface area contributed by atoms with Crippen molar-refractivity contribution in [3.8, 4) is 0 Å². The third-order valence-electron chi connectivity index (χ3n) is 4.48. The number of piperazine rings is 1. The van der Waals surface area contributed by atoms with E-state index in [2.05, 4.69) is 4.90 Å². The van der Waals surface area contributed by atoms with E-state index >= 15 is 0 Å². The maximum Gasteiger partial charge on any atom is 0.251 e. The van der Waals surface area contributed by atoms with Crippen molar-refractivity contribution in [3.05, 3.63) is 30.1 Å². The first-order valence-electron chi connectivity index (χ1n) is 7.80. The van der Waals surface area contributed by atoms with Gasteiger partial charge >= 0.3 is 0 Å². The number of β-amino-alcohol motifs (C(OH)–C–C–N with tert-alkyl or cyclic N) is 1. The lowest BCUT2D eigenvalue weighted by atomic mass is 10.1. The van der Waals surface area contributed by atoms with Crippen LogP contribution in [0.25, 0.3) is 0 Å². The number of imide groups is 1. The fraction of sp³-hybridized carbons (Fsp3) is 0.500. The molecule has 2 heterocycles. The SMILES string of the molecule is O=C1C[C@H](N2CCN(CCO)CC2)C(=O)N1c1ccccc1F. The summed E-state index contributed by atoms with van der Waals surface area (Å²) in [4.78, 5) is 29.9. The summed E-state index contributed by atoms with van der Waals surface area (Å²) >= 11 is 0. The molecule has 0 aromatic heterocycles. The lowest BCUT2D eigenvalue weighted by molar-refractivity contribution is -0.123. The lowest BCUT2D eigenvalue weighted by Crippen LogP contribution is -2.53. The molecule has 1 aromatic rings. The first-order valence-corrected chi connectivity index (χ1v) is 7.80. The van der Waals surface area contributed by atoms with Crippen molar-refractivity contribution in [3.63, 3.8) is 0 Å². The highest BCUT2D eigenvalue weighted by molar-refractivity contribution is 6.22. The van der Waals surface area contributed by atoms with E-state index in [1.807, 2.05) is 4.90 Å². The quantitative estimate of drug-likeness (QED) is 0.795. The number of nitrogens with zero attached hydrogens (tertiary/aromatic N) is 3. The number of para-hydroxylation sites is 1. The molecular formula is C16H20FN3O3. The van der Waals surface area contributed by atoms with Gasteiger partial charge in [0.25, 0.3) is 5.91 Å². The van der Waals surface area contributed by atoms with Gasteiger partial charge in [-0.15, -0.1) is 0 Å². The number of anilines is 1. The van der Waals surface area contributed by atoms with Crippen LogP contribution < -0.4 is 4.90 Å². The molecule has 0 spiro atoms. The monoisotopic (exact) mass is 321 g/mol. The van der Waals surface area contributed by atoms with Crippen LogP contribution in [0, 0.1) is 5.82 Å². The Hall–Kier alpha value is -1.83. The number of amides is 2. The van der Waals surface area contributed by atoms with Gasteiger partial charge in [-0.25, -0.2) is 9.29 Å². The summed E-state index contributed by atoms with van der Waals surface area (Å²) in [7, 11) is 0. The number of rotatable bonds is 4. The van der Waals surface area contributed by atoms with Gasteiger partial charge in [0, 0.05) is 32.7 Å². The van der Waals surface area contributed by atoms with E-state index in [4.69, 9.17) is 5.11 Å². The van der Waals surface area contributed by atoms with Gasteiger partial charge in [0.2, 0.25) is 5.91 Å². The largest absolute Gasteiger partial charge is 0.395 e. The fourth-order valence-corrected chi connectivity index (χ4v) is 3.23. The molecule has 6 nitrogen and oxygen atoms in total. The van der Waals surface area contributed by atoms with Gasteiger partial charge in [0.05, 0.1) is 24.8 Å². The van der Waals surface area contributed by atoms with Crippen molar-refractivity contribution in [1.29, 1.82) is 0 Å². The molecule has 0 unspecified atom stereocenters. The number of aliphatic hydroxyl groups excluding tert-OH is 1. The number of hydrogen-bond donors (Lipinski definition) is 1. The summed E-state index contributed by atoms with van der Waals surface area (Å²) in [6, 6.07) is 5.32. The van der Waals surface area contributed by atoms with Gasteiger partial charge in [0.15, 0.2) is 0 Å². The molecule has 1 aromatic carbocycles. The highest BCUT2D eigenvalue weighted by Gasteiger charge is 2.44. The van der Waals surface area contributed by atoms with Crippen molar-refractivity contribution in [2.75, 3.05) is 44.2 Å². The minimum absolute atomic E-state index is 0.0314. The molecular weight excluding hydrogens is 301 g/mol. The number of aliphatic hydroxyl groups is 1. The summed E-state index contributed by atoms with van der Waals surface area (Å²) in [6.07, 6.45) is 0.0904. The molecule has 124 valence electrons. The highest BCUT2D eigenvalue weighted by Crippen LogP contribution is 2.28. The van der Waals surface area contributed by atoms with Crippen molar-refractivity contribution in [1.82, 2.24) is 9.80 Å². The van der Waals surface area contributed by atoms with Crippen LogP contribution in [0.3, 0.4) is 0 Å². The van der Waals surface area contributed by atoms with E-state index in [0.29, 0.717) is 19.6 Å². The molecule has 2 saturated heterocycles. The molecule has 23 heavy (non-hydrogen) atoms. The maximum atomic E-state index is 13.9. The summed E-state index contributed by atoms with van der Waals surface area (Å²) in [5.41, 5.74) is 0.0314. The normalized spacial score (nSPS) is 23.7. The molecule has 0 bridgehead atoms. The Morgan fingerprint density at radius 1 is 1.13 bits per heavy atom. The van der Waals surface area contributed by atoms with Crippen molar-refractivity contribution >= 4 is 17.5 Å². The molecule has 3 rings (SSSR count). The van der Waals surface area contributed by atoms with Crippen LogP contribution in [0.4, 0.5) is 10.1 Å². The van der Waals surface area contributed by atoms with E-state index in [0.717, 1.165) is 18.0 Å². The van der Waals surface area contributed by atoms with Crippen LogP contribution >= 0.6 is 0 Å². The molecule has 7 heteroatoms. The van der Waals surface area contributed by atoms with E-state index < -0.39 is 11.9 Å². The Labute approximate surface area is 134 Å². The smallest absolute Gasteiger partial charge is 0.251 e. The molecule has 1 atom stereocenters. The van der Waals surface area contributed by atoms with Crippen LogP contribution in [0.5, 0.6) is 0 Å². The Morgan fingerprint density at radius 3 is 2.48 bits per heavy atom. The zero-order valence-corrected chi connectivity index (χ0v) is 12.8. The molecule has 0 aliphatic carbocycles. The van der Waals surface area contributed by atoms with Crippen LogP contribution in [0.15, 0.2) is 24.3 Å². The van der Waals surface area contributed by atoms with E-state index in [-0.39, 0.29) is 30.5 Å². The van der Waals surface area contributed by atoms with Gasteiger partial charge in [-0.05, 0) is 12.1 Å². The van der Waals surface area contributed by atoms with Gasteiger partial charge in [0.1, 0.15) is 5.82 Å². The number of halogens is 1. The van der Waals surface area contributed by atoms with Crippen LogP contribution in [0.2, 0.25) is 0 Å². The molecule has 2 aliphatic rings. The third kappa shape index (κ3) is 3.12. The Morgan fingerprint density at radius 2 is 1.83 bits per heavy atom. The molecule has 0 radical (unpaired) electrons. The zero-order chi connectivity index (χ0) is 16.4. The second-order valence-electron chi connectivity index (χ2n) is 5.84. The number of carbonyl (C=O) groups excluding carboxylic acids is 2. The Kier molecular flexibility index (Phi) is 4.70. The first kappa shape index (κ1) is 16.0. The Balaban J connectivity index is 1.71. The summed E-state index contributed by atoms with van der Waals surface area (Å²) in [6.45, 7) is 3.55. The van der Waals surface area contributed by atoms with Crippen molar-refractivity contribution in [2.45, 2.75) is 12.5 Å². The fourth-order valence-electron chi connectivity index (χ4n) is 3.23. The summed E-state index contributed by atoms with van der Waals surface area (Å²) in [5, 5.41) is 8.96. The molecule has 0 saturated carbocycles. The van der Waals surface area contributed by atoms with Gasteiger partial charge in [-0.1, -0.05) is 12.1 Å². The second-order valence-corrected chi connectivity index (χ2v) is 5.84. The van der Waals surface area contributed by atoms with E-state index in [1.165, 1.54) is 18.2 Å². The number of benzene rings is 1. The standard InChI is InChI=1S/C16H20FN3O3/c17-12-3-1-2-4-13(12)20-15(22)11-14(16(20)23)19-7-5-18(6-8-19)9-10-21/h1-4,14,21H,5-11H2/t14-/m0/s1. The average molecular weight is 321 g/mol. The molecule has 1 N–H and O–H groups in total. The van der Waals surface area contributed by atoms with Crippen molar-refractivity contribution < 1.29 is 19.1 Å². The van der Waals surface area contributed by atoms with Gasteiger partial charge in [-0.2, -0.15) is 0 Å². The second kappa shape index (κ2) is 6.74. The zero-order valence-electron chi connectivity index (χ0n) is 12.8. The topological polar surface area (TPSA) is 64.1 Å². The summed E-state index contributed by atoms with van der Waals surface area (Å²) in [5.74, 6) is -1.28. The van der Waals surface area contributed by atoms with Gasteiger partial charge < -0.3 is 5.11 Å². The third-order valence-corrected chi connectivity index (χ3v) is 4.48. The number of carbonyl (C=O) groups is 2. The number of hydrogen-bond acceptors (Lipinski definition) is 5. The molecule has 2 amide bonds. The molecule has 2 aliphatic heterocycles. The highest BCUT2D eigenvalue weighted by atomic mass is 19.1. The van der Waals surface area contributed by atoms with Crippen LogP contribution in [-0.2, 0) is 9.59 Å². The Bertz CT molecular complexity index is 602. The first-order chi connectivity index (χ1) is 11.1. The summed E-state index contributed by atoms with van der Waals surface area (Å²) < 4.78 is 13.9. The maximum absolute atomic E-state index is 13.9. The minimum Gasteiger partial charge on any atom is -0.395 e. The van der Waals surface area contributed by atoms with E-state index in [9.17, 15) is 14.0 Å². The predicted octanol–water partition coefficient (Wildman–Crippen LogP) is 0.0675. The van der Waals surface area contributed by atoms with E-state index in [1.54, 1.807) is 6.07 Å². The van der Waals surface area contributed by atoms with Crippen LogP contribution in [0.1, 0.15) is 6.42 Å². The molecule has 2 fully saturated rings. The minimum atomic E-state index is -0.567. The average Bonchev–Trinajstić information content (AvgIpc) is 2.84. The van der Waals surface area contributed by atoms with Gasteiger partial charge in [-0.3, -0.25) is 19.4 Å².